The summed E-state index contributed by atoms with van der Waals surface area (Å²) in [6.07, 6.45) is 9.85. The van der Waals surface area contributed by atoms with Crippen molar-refractivity contribution in [2.24, 2.45) is 11.8 Å². The summed E-state index contributed by atoms with van der Waals surface area (Å²) in [6, 6.07) is 15.8. The van der Waals surface area contributed by atoms with Crippen LogP contribution in [0.4, 0.5) is 0 Å². The monoisotopic (exact) mass is 266 g/mol. The first-order chi connectivity index (χ1) is 9.86. The standard InChI is InChI=1S/C20H26/c1-2-3-4-8-20(18-12-13-18)15-16-10-11-17-7-5-6-9-19(17)14-16/h5-7,9-11,14,18,20H,2-4,8,12-13,15H2,1H3. The molecule has 1 unspecified atom stereocenters. The van der Waals surface area contributed by atoms with Gasteiger partial charge in [-0.15, -0.1) is 0 Å². The summed E-state index contributed by atoms with van der Waals surface area (Å²) in [6.45, 7) is 2.30. The maximum atomic E-state index is 2.41. The van der Waals surface area contributed by atoms with E-state index in [9.17, 15) is 0 Å². The van der Waals surface area contributed by atoms with Gasteiger partial charge < -0.3 is 0 Å². The van der Waals surface area contributed by atoms with Crippen LogP contribution in [0.3, 0.4) is 0 Å². The fraction of sp³-hybridized carbons (Fsp3) is 0.500. The Kier molecular flexibility index (Phi) is 4.40. The van der Waals surface area contributed by atoms with Crippen molar-refractivity contribution in [3.63, 3.8) is 0 Å². The predicted molar refractivity (Wildman–Crippen MR) is 88.0 cm³/mol. The van der Waals surface area contributed by atoms with Gasteiger partial charge in [0.25, 0.3) is 0 Å². The fourth-order valence-corrected chi connectivity index (χ4v) is 3.40. The molecule has 20 heavy (non-hydrogen) atoms. The largest absolute Gasteiger partial charge is 0.0654 e. The first-order valence-corrected chi connectivity index (χ1v) is 8.34. The average Bonchev–Trinajstić information content (AvgIpc) is 3.31. The number of hydrogen-bond donors (Lipinski definition) is 0. The van der Waals surface area contributed by atoms with E-state index >= 15 is 0 Å². The molecule has 0 spiro atoms. The van der Waals surface area contributed by atoms with Crippen LogP contribution in [0.1, 0.15) is 51.0 Å². The summed E-state index contributed by atoms with van der Waals surface area (Å²) >= 11 is 0. The Balaban J connectivity index is 1.69. The van der Waals surface area contributed by atoms with Crippen molar-refractivity contribution in [1.82, 2.24) is 0 Å². The molecule has 1 aliphatic carbocycles. The maximum Gasteiger partial charge on any atom is -0.0181 e. The van der Waals surface area contributed by atoms with Gasteiger partial charge in [0, 0.05) is 0 Å². The zero-order valence-electron chi connectivity index (χ0n) is 12.6. The molecule has 0 radical (unpaired) electrons. The third-order valence-electron chi connectivity index (χ3n) is 4.78. The third kappa shape index (κ3) is 3.42. The van der Waals surface area contributed by atoms with Crippen molar-refractivity contribution >= 4 is 10.8 Å². The minimum atomic E-state index is 0.933. The molecule has 1 atom stereocenters. The number of hydrogen-bond acceptors (Lipinski definition) is 0. The summed E-state index contributed by atoms with van der Waals surface area (Å²) in [7, 11) is 0. The van der Waals surface area contributed by atoms with E-state index in [1.807, 2.05) is 0 Å². The second-order valence-corrected chi connectivity index (χ2v) is 6.48. The van der Waals surface area contributed by atoms with Gasteiger partial charge in [-0.25, -0.2) is 0 Å². The van der Waals surface area contributed by atoms with Crippen molar-refractivity contribution in [2.45, 2.75) is 51.9 Å². The molecule has 106 valence electrons. The van der Waals surface area contributed by atoms with E-state index in [2.05, 4.69) is 49.4 Å². The highest BCUT2D eigenvalue weighted by atomic mass is 14.4. The molecule has 3 rings (SSSR count). The summed E-state index contributed by atoms with van der Waals surface area (Å²) in [4.78, 5) is 0. The van der Waals surface area contributed by atoms with Crippen LogP contribution in [0.25, 0.3) is 10.8 Å². The van der Waals surface area contributed by atoms with Gasteiger partial charge in [-0.05, 0) is 53.9 Å². The maximum absolute atomic E-state index is 2.41. The first-order valence-electron chi connectivity index (χ1n) is 8.34. The quantitative estimate of drug-likeness (QED) is 0.540. The topological polar surface area (TPSA) is 0 Å². The molecule has 0 saturated heterocycles. The summed E-state index contributed by atoms with van der Waals surface area (Å²) in [5.74, 6) is 1.96. The van der Waals surface area contributed by atoms with Gasteiger partial charge in [0.2, 0.25) is 0 Å². The Morgan fingerprint density at radius 3 is 2.55 bits per heavy atom. The van der Waals surface area contributed by atoms with Gasteiger partial charge in [0.05, 0.1) is 0 Å². The molecule has 1 aliphatic rings. The highest BCUT2D eigenvalue weighted by molar-refractivity contribution is 5.82. The van der Waals surface area contributed by atoms with Crippen LogP contribution in [0.5, 0.6) is 0 Å². The fourth-order valence-electron chi connectivity index (χ4n) is 3.40. The van der Waals surface area contributed by atoms with Gasteiger partial charge in [0.1, 0.15) is 0 Å². The molecule has 0 amide bonds. The zero-order chi connectivity index (χ0) is 13.8. The van der Waals surface area contributed by atoms with Crippen LogP contribution in [0, 0.1) is 11.8 Å². The van der Waals surface area contributed by atoms with Crippen LogP contribution in [0.2, 0.25) is 0 Å². The van der Waals surface area contributed by atoms with Crippen LogP contribution in [0.15, 0.2) is 42.5 Å². The van der Waals surface area contributed by atoms with Crippen molar-refractivity contribution < 1.29 is 0 Å². The predicted octanol–water partition coefficient (Wildman–Crippen LogP) is 5.99. The first kappa shape index (κ1) is 13.7. The van der Waals surface area contributed by atoms with Gasteiger partial charge in [-0.3, -0.25) is 0 Å². The lowest BCUT2D eigenvalue weighted by atomic mass is 9.89. The lowest BCUT2D eigenvalue weighted by molar-refractivity contribution is 0.406. The highest BCUT2D eigenvalue weighted by Crippen LogP contribution is 2.41. The second kappa shape index (κ2) is 6.43. The molecule has 0 bridgehead atoms. The summed E-state index contributed by atoms with van der Waals surface area (Å²) < 4.78 is 0. The van der Waals surface area contributed by atoms with Crippen LogP contribution in [-0.2, 0) is 6.42 Å². The van der Waals surface area contributed by atoms with E-state index in [0.29, 0.717) is 0 Å². The lowest BCUT2D eigenvalue weighted by Gasteiger charge is -2.16. The molecule has 0 aromatic heterocycles. The van der Waals surface area contributed by atoms with Crippen molar-refractivity contribution in [2.75, 3.05) is 0 Å². The van der Waals surface area contributed by atoms with Crippen LogP contribution in [-0.4, -0.2) is 0 Å². The minimum absolute atomic E-state index is 0.933. The summed E-state index contributed by atoms with van der Waals surface area (Å²) in [5.41, 5.74) is 1.54. The molecular weight excluding hydrogens is 240 g/mol. The van der Waals surface area contributed by atoms with Gasteiger partial charge >= 0.3 is 0 Å². The van der Waals surface area contributed by atoms with Crippen LogP contribution < -0.4 is 0 Å². The van der Waals surface area contributed by atoms with Gasteiger partial charge in [0.15, 0.2) is 0 Å². The third-order valence-corrected chi connectivity index (χ3v) is 4.78. The van der Waals surface area contributed by atoms with E-state index in [1.54, 1.807) is 0 Å². The summed E-state index contributed by atoms with van der Waals surface area (Å²) in [5, 5.41) is 2.76. The average molecular weight is 266 g/mol. The van der Waals surface area contributed by atoms with Crippen molar-refractivity contribution in [3.8, 4) is 0 Å². The van der Waals surface area contributed by atoms with Crippen molar-refractivity contribution in [1.29, 1.82) is 0 Å². The van der Waals surface area contributed by atoms with E-state index < -0.39 is 0 Å². The zero-order valence-corrected chi connectivity index (χ0v) is 12.6. The molecule has 0 heteroatoms. The SMILES string of the molecule is CCCCCC(Cc1ccc2ccccc2c1)C1CC1. The molecule has 0 aliphatic heterocycles. The van der Waals surface area contributed by atoms with Gasteiger partial charge in [-0.2, -0.15) is 0 Å². The molecule has 0 nitrogen and oxygen atoms in total. The number of fused-ring (bicyclic) bond motifs is 1. The molecule has 0 heterocycles. The molecule has 0 N–H and O–H groups in total. The Morgan fingerprint density at radius 1 is 1.00 bits per heavy atom. The van der Waals surface area contributed by atoms with Crippen LogP contribution >= 0.6 is 0 Å². The van der Waals surface area contributed by atoms with E-state index in [1.165, 1.54) is 61.3 Å². The smallest absolute Gasteiger partial charge is 0.0181 e. The minimum Gasteiger partial charge on any atom is -0.0654 e. The number of unbranched alkanes of at least 4 members (excludes halogenated alkanes) is 2. The Bertz CT molecular complexity index is 551. The molecule has 2 aromatic rings. The van der Waals surface area contributed by atoms with E-state index in [-0.39, 0.29) is 0 Å². The highest BCUT2D eigenvalue weighted by Gasteiger charge is 2.30. The van der Waals surface area contributed by atoms with E-state index in [0.717, 1.165) is 11.8 Å². The molecule has 1 saturated carbocycles. The Morgan fingerprint density at radius 2 is 1.80 bits per heavy atom. The Hall–Kier alpha value is -1.30. The van der Waals surface area contributed by atoms with Gasteiger partial charge in [-0.1, -0.05) is 68.7 Å². The molecular formula is C20H26. The Labute approximate surface area is 123 Å². The number of benzene rings is 2. The second-order valence-electron chi connectivity index (χ2n) is 6.48. The lowest BCUT2D eigenvalue weighted by Crippen LogP contribution is -2.07. The van der Waals surface area contributed by atoms with Crippen molar-refractivity contribution in [3.05, 3.63) is 48.0 Å². The molecule has 2 aromatic carbocycles. The normalized spacial score (nSPS) is 16.4. The van der Waals surface area contributed by atoms with E-state index in [4.69, 9.17) is 0 Å². The molecule has 1 fully saturated rings. The number of rotatable bonds is 7.